The first-order valence-corrected chi connectivity index (χ1v) is 7.10. The second kappa shape index (κ2) is 7.64. The first-order chi connectivity index (χ1) is 7.80. The monoisotopic (exact) mass is 237 g/mol. The predicted octanol–water partition coefficient (Wildman–Crippen LogP) is 4.10. The summed E-state index contributed by atoms with van der Waals surface area (Å²) >= 11 is 1.91. The van der Waals surface area contributed by atoms with Gasteiger partial charge in [0, 0.05) is 16.3 Å². The Labute approximate surface area is 104 Å². The van der Waals surface area contributed by atoms with Crippen LogP contribution >= 0.6 is 11.3 Å². The SMILES string of the molecule is CCCNCC(=Cc1ccc(CC)s1)CC. The van der Waals surface area contributed by atoms with Crippen LogP contribution in [-0.2, 0) is 6.42 Å². The molecule has 1 aromatic heterocycles. The van der Waals surface area contributed by atoms with Crippen LogP contribution in [0.5, 0.6) is 0 Å². The zero-order valence-corrected chi connectivity index (χ0v) is 11.5. The molecule has 0 aliphatic rings. The molecule has 0 aromatic carbocycles. The van der Waals surface area contributed by atoms with Crippen molar-refractivity contribution < 1.29 is 0 Å². The molecule has 0 amide bonds. The smallest absolute Gasteiger partial charge is 0.0273 e. The van der Waals surface area contributed by atoms with Crippen molar-refractivity contribution >= 4 is 17.4 Å². The van der Waals surface area contributed by atoms with Gasteiger partial charge < -0.3 is 5.32 Å². The fourth-order valence-corrected chi connectivity index (χ4v) is 2.51. The van der Waals surface area contributed by atoms with Crippen LogP contribution in [0, 0.1) is 0 Å². The number of aryl methyl sites for hydroxylation is 1. The number of hydrogen-bond donors (Lipinski definition) is 1. The number of rotatable bonds is 7. The molecule has 1 heterocycles. The highest BCUT2D eigenvalue weighted by Crippen LogP contribution is 2.20. The lowest BCUT2D eigenvalue weighted by Gasteiger charge is -2.05. The highest BCUT2D eigenvalue weighted by molar-refractivity contribution is 7.12. The first kappa shape index (κ1) is 13.5. The molecular formula is C14H23NS. The number of nitrogens with one attached hydrogen (secondary N) is 1. The number of hydrogen-bond acceptors (Lipinski definition) is 2. The van der Waals surface area contributed by atoms with Crippen LogP contribution in [0.2, 0.25) is 0 Å². The van der Waals surface area contributed by atoms with Crippen molar-refractivity contribution in [3.63, 3.8) is 0 Å². The van der Waals surface area contributed by atoms with Gasteiger partial charge in [-0.05, 0) is 44.0 Å². The summed E-state index contributed by atoms with van der Waals surface area (Å²) in [7, 11) is 0. The van der Waals surface area contributed by atoms with Crippen LogP contribution in [-0.4, -0.2) is 13.1 Å². The third-order valence-corrected chi connectivity index (χ3v) is 3.79. The van der Waals surface area contributed by atoms with Gasteiger partial charge in [0.05, 0.1) is 0 Å². The second-order valence-electron chi connectivity index (χ2n) is 3.99. The highest BCUT2D eigenvalue weighted by Gasteiger charge is 1.98. The summed E-state index contributed by atoms with van der Waals surface area (Å²) < 4.78 is 0. The molecule has 0 spiro atoms. The molecule has 1 N–H and O–H groups in total. The minimum absolute atomic E-state index is 1.03. The molecule has 0 fully saturated rings. The van der Waals surface area contributed by atoms with Crippen LogP contribution in [0.1, 0.15) is 43.4 Å². The van der Waals surface area contributed by atoms with Crippen LogP contribution in [0.25, 0.3) is 6.08 Å². The van der Waals surface area contributed by atoms with Gasteiger partial charge in [-0.1, -0.05) is 26.3 Å². The molecule has 0 saturated carbocycles. The summed E-state index contributed by atoms with van der Waals surface area (Å²) in [5.74, 6) is 0. The molecule has 0 saturated heterocycles. The normalized spacial score (nSPS) is 12.1. The maximum absolute atomic E-state index is 3.46. The molecule has 0 bridgehead atoms. The van der Waals surface area contributed by atoms with Crippen molar-refractivity contribution in [2.45, 2.75) is 40.0 Å². The molecule has 2 heteroatoms. The largest absolute Gasteiger partial charge is 0.313 e. The summed E-state index contributed by atoms with van der Waals surface area (Å²) in [6.07, 6.45) is 5.83. The maximum atomic E-state index is 3.46. The summed E-state index contributed by atoms with van der Waals surface area (Å²) in [6.45, 7) is 8.79. The van der Waals surface area contributed by atoms with E-state index in [-0.39, 0.29) is 0 Å². The molecule has 1 rings (SSSR count). The molecule has 0 aliphatic heterocycles. The quantitative estimate of drug-likeness (QED) is 0.704. The lowest BCUT2D eigenvalue weighted by molar-refractivity contribution is 0.706. The van der Waals surface area contributed by atoms with E-state index in [1.54, 1.807) is 0 Å². The summed E-state index contributed by atoms with van der Waals surface area (Å²) in [5, 5.41) is 3.46. The number of thiophene rings is 1. The Bertz CT molecular complexity index is 325. The Morgan fingerprint density at radius 1 is 1.31 bits per heavy atom. The Morgan fingerprint density at radius 2 is 2.12 bits per heavy atom. The van der Waals surface area contributed by atoms with Crippen molar-refractivity contribution in [2.24, 2.45) is 0 Å². The average Bonchev–Trinajstić information content (AvgIpc) is 2.75. The van der Waals surface area contributed by atoms with E-state index >= 15 is 0 Å². The van der Waals surface area contributed by atoms with Gasteiger partial charge in [-0.15, -0.1) is 11.3 Å². The minimum atomic E-state index is 1.03. The Hall–Kier alpha value is -0.600. The van der Waals surface area contributed by atoms with Gasteiger partial charge in [0.15, 0.2) is 0 Å². The van der Waals surface area contributed by atoms with E-state index in [9.17, 15) is 0 Å². The topological polar surface area (TPSA) is 12.0 Å². The molecule has 1 nitrogen and oxygen atoms in total. The molecule has 16 heavy (non-hydrogen) atoms. The minimum Gasteiger partial charge on any atom is -0.313 e. The van der Waals surface area contributed by atoms with Crippen LogP contribution in [0.4, 0.5) is 0 Å². The molecule has 0 unspecified atom stereocenters. The Balaban J connectivity index is 2.56. The van der Waals surface area contributed by atoms with E-state index in [1.807, 2.05) is 11.3 Å². The third kappa shape index (κ3) is 4.50. The van der Waals surface area contributed by atoms with Gasteiger partial charge in [0.2, 0.25) is 0 Å². The highest BCUT2D eigenvalue weighted by atomic mass is 32.1. The molecule has 90 valence electrons. The van der Waals surface area contributed by atoms with E-state index < -0.39 is 0 Å². The van der Waals surface area contributed by atoms with E-state index in [1.165, 1.54) is 21.7 Å². The Kier molecular flexibility index (Phi) is 6.43. The summed E-state index contributed by atoms with van der Waals surface area (Å²) in [4.78, 5) is 2.87. The van der Waals surface area contributed by atoms with Crippen LogP contribution in [0.3, 0.4) is 0 Å². The van der Waals surface area contributed by atoms with Crippen molar-refractivity contribution in [2.75, 3.05) is 13.1 Å². The summed E-state index contributed by atoms with van der Waals surface area (Å²) in [6, 6.07) is 4.47. The zero-order valence-electron chi connectivity index (χ0n) is 10.7. The third-order valence-electron chi connectivity index (χ3n) is 2.61. The second-order valence-corrected chi connectivity index (χ2v) is 5.19. The standard InChI is InChI=1S/C14H23NS/c1-4-9-15-11-12(5-2)10-14-8-7-13(6-3)16-14/h7-8,10,15H,4-6,9,11H2,1-3H3. The van der Waals surface area contributed by atoms with Gasteiger partial charge >= 0.3 is 0 Å². The molecule has 0 aliphatic carbocycles. The zero-order chi connectivity index (χ0) is 11.8. The average molecular weight is 237 g/mol. The lowest BCUT2D eigenvalue weighted by Crippen LogP contribution is -2.17. The van der Waals surface area contributed by atoms with Gasteiger partial charge in [-0.2, -0.15) is 0 Å². The van der Waals surface area contributed by atoms with Gasteiger partial charge in [0.1, 0.15) is 0 Å². The Morgan fingerprint density at radius 3 is 2.69 bits per heavy atom. The van der Waals surface area contributed by atoms with Crippen molar-refractivity contribution in [1.29, 1.82) is 0 Å². The fourth-order valence-electron chi connectivity index (χ4n) is 1.57. The summed E-state index contributed by atoms with van der Waals surface area (Å²) in [5.41, 5.74) is 1.50. The van der Waals surface area contributed by atoms with Gasteiger partial charge in [-0.3, -0.25) is 0 Å². The van der Waals surface area contributed by atoms with E-state index in [4.69, 9.17) is 0 Å². The predicted molar refractivity (Wildman–Crippen MR) is 75.1 cm³/mol. The van der Waals surface area contributed by atoms with E-state index in [0.717, 1.165) is 25.9 Å². The van der Waals surface area contributed by atoms with Crippen molar-refractivity contribution in [3.8, 4) is 0 Å². The molecule has 1 aromatic rings. The fraction of sp³-hybridized carbons (Fsp3) is 0.571. The maximum Gasteiger partial charge on any atom is 0.0273 e. The van der Waals surface area contributed by atoms with E-state index in [0.29, 0.717) is 0 Å². The van der Waals surface area contributed by atoms with Crippen molar-refractivity contribution in [1.82, 2.24) is 5.32 Å². The van der Waals surface area contributed by atoms with Gasteiger partial charge in [-0.25, -0.2) is 0 Å². The molecule has 0 radical (unpaired) electrons. The van der Waals surface area contributed by atoms with Crippen molar-refractivity contribution in [3.05, 3.63) is 27.5 Å². The molecular weight excluding hydrogens is 214 g/mol. The van der Waals surface area contributed by atoms with Crippen LogP contribution in [0.15, 0.2) is 17.7 Å². The lowest BCUT2D eigenvalue weighted by atomic mass is 10.2. The van der Waals surface area contributed by atoms with E-state index in [2.05, 4.69) is 44.3 Å². The van der Waals surface area contributed by atoms with Gasteiger partial charge in [0.25, 0.3) is 0 Å². The molecule has 0 atom stereocenters. The van der Waals surface area contributed by atoms with Crippen LogP contribution < -0.4 is 5.32 Å². The first-order valence-electron chi connectivity index (χ1n) is 6.29.